The zero-order chi connectivity index (χ0) is 21.8. The summed E-state index contributed by atoms with van der Waals surface area (Å²) in [6.07, 6.45) is 3.53. The van der Waals surface area contributed by atoms with Crippen LogP contribution in [0.25, 0.3) is 11.4 Å². The summed E-state index contributed by atoms with van der Waals surface area (Å²) < 4.78 is 2.09. The third-order valence-electron chi connectivity index (χ3n) is 4.52. The molecule has 158 valence electrons. The van der Waals surface area contributed by atoms with Crippen LogP contribution in [0.3, 0.4) is 0 Å². The number of nitrogens with two attached hydrogens (primary N) is 1. The molecule has 1 atom stereocenters. The second-order valence-corrected chi connectivity index (χ2v) is 8.43. The lowest BCUT2D eigenvalue weighted by Crippen LogP contribution is -2.16. The van der Waals surface area contributed by atoms with E-state index >= 15 is 0 Å². The van der Waals surface area contributed by atoms with Crippen LogP contribution in [-0.2, 0) is 6.54 Å². The van der Waals surface area contributed by atoms with Crippen molar-refractivity contribution < 1.29 is 0 Å². The quantitative estimate of drug-likeness (QED) is 0.439. The molecule has 0 fully saturated rings. The molecule has 9 nitrogen and oxygen atoms in total. The van der Waals surface area contributed by atoms with E-state index in [1.165, 1.54) is 11.8 Å². The van der Waals surface area contributed by atoms with Gasteiger partial charge in [0.25, 0.3) is 0 Å². The van der Waals surface area contributed by atoms with Gasteiger partial charge < -0.3 is 10.6 Å². The number of anilines is 2. The normalized spacial score (nSPS) is 12.0. The van der Waals surface area contributed by atoms with Crippen molar-refractivity contribution >= 4 is 23.7 Å². The van der Waals surface area contributed by atoms with Crippen LogP contribution in [0, 0.1) is 0 Å². The summed E-state index contributed by atoms with van der Waals surface area (Å²) in [5.41, 5.74) is 7.96. The van der Waals surface area contributed by atoms with Gasteiger partial charge in [0.2, 0.25) is 11.9 Å². The third-order valence-corrected chi connectivity index (χ3v) is 5.60. The molecule has 4 aromatic rings. The molecule has 0 aliphatic rings. The van der Waals surface area contributed by atoms with Crippen molar-refractivity contribution in [2.75, 3.05) is 24.7 Å². The van der Waals surface area contributed by atoms with Crippen LogP contribution in [0.1, 0.15) is 23.6 Å². The first-order chi connectivity index (χ1) is 15.0. The SMILES string of the molecule is CC(Sc1nnc(-c2cccnc2)n1Cc1ccccc1)c1nc(N)nc(N(C)C)n1. The first kappa shape index (κ1) is 20.7. The summed E-state index contributed by atoms with van der Waals surface area (Å²) in [5, 5.41) is 9.59. The topological polar surface area (TPSA) is 112 Å². The molecule has 0 aliphatic heterocycles. The van der Waals surface area contributed by atoms with Crippen molar-refractivity contribution in [3.63, 3.8) is 0 Å². The number of hydrogen-bond acceptors (Lipinski definition) is 9. The van der Waals surface area contributed by atoms with Crippen LogP contribution >= 0.6 is 11.8 Å². The van der Waals surface area contributed by atoms with Crippen LogP contribution in [0.15, 0.2) is 60.0 Å². The second kappa shape index (κ2) is 9.09. The Hall–Kier alpha value is -3.53. The molecule has 1 aromatic carbocycles. The number of pyridine rings is 1. The summed E-state index contributed by atoms with van der Waals surface area (Å²) in [6, 6.07) is 14.1. The maximum Gasteiger partial charge on any atom is 0.229 e. The molecule has 0 bridgehead atoms. The van der Waals surface area contributed by atoms with E-state index in [9.17, 15) is 0 Å². The number of hydrogen-bond donors (Lipinski definition) is 1. The van der Waals surface area contributed by atoms with Gasteiger partial charge in [-0.25, -0.2) is 0 Å². The molecule has 31 heavy (non-hydrogen) atoms. The highest BCUT2D eigenvalue weighted by atomic mass is 32.2. The molecule has 0 saturated carbocycles. The molecular weight excluding hydrogens is 410 g/mol. The lowest BCUT2D eigenvalue weighted by Gasteiger charge is -2.15. The van der Waals surface area contributed by atoms with E-state index in [1.54, 1.807) is 17.3 Å². The molecule has 0 saturated heterocycles. The van der Waals surface area contributed by atoms with Crippen molar-refractivity contribution in [1.82, 2.24) is 34.7 Å². The van der Waals surface area contributed by atoms with Gasteiger partial charge in [0, 0.05) is 32.1 Å². The molecule has 1 unspecified atom stereocenters. The van der Waals surface area contributed by atoms with E-state index in [0.717, 1.165) is 22.1 Å². The number of thioether (sulfide) groups is 1. The minimum Gasteiger partial charge on any atom is -0.368 e. The first-order valence-electron chi connectivity index (χ1n) is 9.74. The highest BCUT2D eigenvalue weighted by Gasteiger charge is 2.21. The Balaban J connectivity index is 1.69. The number of nitrogen functional groups attached to an aromatic ring is 1. The Bertz CT molecular complexity index is 1150. The Morgan fingerprint density at radius 3 is 2.55 bits per heavy atom. The Kier molecular flexibility index (Phi) is 6.08. The van der Waals surface area contributed by atoms with Crippen molar-refractivity contribution in [3.05, 3.63) is 66.2 Å². The maximum absolute atomic E-state index is 5.90. The van der Waals surface area contributed by atoms with Gasteiger partial charge in [0.05, 0.1) is 11.8 Å². The molecule has 10 heteroatoms. The number of benzene rings is 1. The van der Waals surface area contributed by atoms with Gasteiger partial charge >= 0.3 is 0 Å². The van der Waals surface area contributed by atoms with Crippen molar-refractivity contribution in [2.24, 2.45) is 0 Å². The smallest absolute Gasteiger partial charge is 0.229 e. The van der Waals surface area contributed by atoms with Crippen LogP contribution in [0.5, 0.6) is 0 Å². The van der Waals surface area contributed by atoms with Crippen molar-refractivity contribution in [2.45, 2.75) is 23.9 Å². The van der Waals surface area contributed by atoms with E-state index in [2.05, 4.69) is 46.8 Å². The molecule has 0 aliphatic carbocycles. The zero-order valence-electron chi connectivity index (χ0n) is 17.5. The van der Waals surface area contributed by atoms with Gasteiger partial charge in [-0.05, 0) is 24.6 Å². The van der Waals surface area contributed by atoms with Crippen LogP contribution < -0.4 is 10.6 Å². The van der Waals surface area contributed by atoms with Crippen LogP contribution in [-0.4, -0.2) is 48.8 Å². The van der Waals surface area contributed by atoms with Crippen LogP contribution in [0.4, 0.5) is 11.9 Å². The van der Waals surface area contributed by atoms with Gasteiger partial charge in [0.1, 0.15) is 5.82 Å². The van der Waals surface area contributed by atoms with E-state index in [0.29, 0.717) is 18.3 Å². The third kappa shape index (κ3) is 4.80. The van der Waals surface area contributed by atoms with Crippen molar-refractivity contribution in [1.29, 1.82) is 0 Å². The summed E-state index contributed by atoms with van der Waals surface area (Å²) in [7, 11) is 3.74. The predicted octanol–water partition coefficient (Wildman–Crippen LogP) is 3.07. The molecule has 3 heterocycles. The summed E-state index contributed by atoms with van der Waals surface area (Å²) in [5.74, 6) is 2.08. The second-order valence-electron chi connectivity index (χ2n) is 7.13. The molecule has 0 radical (unpaired) electrons. The lowest BCUT2D eigenvalue weighted by atomic mass is 10.2. The molecule has 2 N–H and O–H groups in total. The minimum absolute atomic E-state index is 0.107. The van der Waals surface area contributed by atoms with Gasteiger partial charge in [-0.15, -0.1) is 10.2 Å². The lowest BCUT2D eigenvalue weighted by molar-refractivity contribution is 0.711. The maximum atomic E-state index is 5.90. The van der Waals surface area contributed by atoms with Crippen LogP contribution in [0.2, 0.25) is 0 Å². The van der Waals surface area contributed by atoms with Crippen molar-refractivity contribution in [3.8, 4) is 11.4 Å². The van der Waals surface area contributed by atoms with Gasteiger partial charge in [-0.2, -0.15) is 15.0 Å². The molecule has 4 rings (SSSR count). The first-order valence-corrected chi connectivity index (χ1v) is 10.6. The highest BCUT2D eigenvalue weighted by Crippen LogP contribution is 2.34. The Morgan fingerprint density at radius 1 is 1.03 bits per heavy atom. The zero-order valence-corrected chi connectivity index (χ0v) is 18.4. The molecule has 3 aromatic heterocycles. The number of aromatic nitrogens is 7. The minimum atomic E-state index is -0.107. The van der Waals surface area contributed by atoms with Gasteiger partial charge in [-0.3, -0.25) is 9.55 Å². The predicted molar refractivity (Wildman–Crippen MR) is 122 cm³/mol. The summed E-state index contributed by atoms with van der Waals surface area (Å²) in [4.78, 5) is 19.1. The summed E-state index contributed by atoms with van der Waals surface area (Å²) >= 11 is 1.53. The molecule has 0 amide bonds. The number of nitrogens with zero attached hydrogens (tertiary/aromatic N) is 8. The Morgan fingerprint density at radius 2 is 1.84 bits per heavy atom. The fraction of sp³-hybridized carbons (Fsp3) is 0.238. The van der Waals surface area contributed by atoms with Gasteiger partial charge in [-0.1, -0.05) is 42.1 Å². The fourth-order valence-electron chi connectivity index (χ4n) is 2.98. The largest absolute Gasteiger partial charge is 0.368 e. The van der Waals surface area contributed by atoms with E-state index in [1.807, 2.05) is 51.4 Å². The molecule has 0 spiro atoms. The standard InChI is InChI=1S/C21H23N9S/c1-14(17-24-19(22)26-20(25-17)29(2)3)31-21-28-27-18(16-10-7-11-23-12-16)30(21)13-15-8-5-4-6-9-15/h4-12,14H,13H2,1-3H3,(H2,22,24,25,26). The average molecular weight is 434 g/mol. The molecular formula is C21H23N9S. The summed E-state index contributed by atoms with van der Waals surface area (Å²) in [6.45, 7) is 2.65. The highest BCUT2D eigenvalue weighted by molar-refractivity contribution is 7.99. The van der Waals surface area contributed by atoms with E-state index in [-0.39, 0.29) is 11.2 Å². The monoisotopic (exact) mass is 433 g/mol. The average Bonchev–Trinajstić information content (AvgIpc) is 3.16. The fourth-order valence-corrected chi connectivity index (χ4v) is 3.88. The number of rotatable bonds is 7. The van der Waals surface area contributed by atoms with E-state index in [4.69, 9.17) is 5.73 Å². The Labute approximate surface area is 184 Å². The van der Waals surface area contributed by atoms with E-state index < -0.39 is 0 Å². The van der Waals surface area contributed by atoms with Gasteiger partial charge in [0.15, 0.2) is 11.0 Å².